The molecule has 1 atom stereocenters. The van der Waals surface area contributed by atoms with E-state index >= 15 is 0 Å². The Balaban J connectivity index is 1.05. The summed E-state index contributed by atoms with van der Waals surface area (Å²) in [6.07, 6.45) is 7.64. The van der Waals surface area contributed by atoms with Crippen LogP contribution in [0.3, 0.4) is 0 Å². The zero-order chi connectivity index (χ0) is 36.0. The van der Waals surface area contributed by atoms with Crippen molar-refractivity contribution in [3.63, 3.8) is 0 Å². The number of anilines is 1. The van der Waals surface area contributed by atoms with Gasteiger partial charge in [-0.25, -0.2) is 0 Å². The maximum absolute atomic E-state index is 4.76. The topological polar surface area (TPSA) is 86.2 Å². The molecule has 1 fully saturated rings. The predicted molar refractivity (Wildman–Crippen MR) is 220 cm³/mol. The molecule has 1 saturated carbocycles. The highest BCUT2D eigenvalue weighted by atomic mass is 15.1. The van der Waals surface area contributed by atoms with E-state index in [9.17, 15) is 0 Å². The molecule has 53 heavy (non-hydrogen) atoms. The molecule has 1 aliphatic rings. The monoisotopic (exact) mass is 693 g/mol. The zero-order valence-corrected chi connectivity index (χ0v) is 30.3. The van der Waals surface area contributed by atoms with Gasteiger partial charge in [-0.05, 0) is 86.2 Å². The first kappa shape index (κ1) is 34.0. The van der Waals surface area contributed by atoms with Crippen LogP contribution in [0, 0.1) is 0 Å². The van der Waals surface area contributed by atoms with Gasteiger partial charge in [0.15, 0.2) is 0 Å². The van der Waals surface area contributed by atoms with Gasteiger partial charge in [0.2, 0.25) is 0 Å². The number of hydrogen-bond acceptors (Lipinski definition) is 7. The van der Waals surface area contributed by atoms with Gasteiger partial charge < -0.3 is 5.32 Å². The normalized spacial score (nSPS) is 14.7. The SMILES string of the molecule is CCC(C)Nc1ccc(/N=N/c2ccc(/N=N/c3ccc(/N=N/c4ccc(C5CCCCC5)cc4)c4ccccc34)c3ccccc23)c2ccccc12. The fourth-order valence-corrected chi connectivity index (χ4v) is 7.32. The van der Waals surface area contributed by atoms with Crippen molar-refractivity contribution < 1.29 is 0 Å². The molecule has 1 N–H and O–H groups in total. The first-order chi connectivity index (χ1) is 26.1. The molecule has 0 amide bonds. The van der Waals surface area contributed by atoms with Gasteiger partial charge >= 0.3 is 0 Å². The van der Waals surface area contributed by atoms with Crippen molar-refractivity contribution in [1.82, 2.24) is 0 Å². The Labute approximate surface area is 310 Å². The van der Waals surface area contributed by atoms with E-state index in [0.717, 1.165) is 78.5 Å². The van der Waals surface area contributed by atoms with E-state index in [2.05, 4.69) is 102 Å². The second-order valence-electron chi connectivity index (χ2n) is 14.0. The third-order valence-corrected chi connectivity index (χ3v) is 10.4. The van der Waals surface area contributed by atoms with Crippen LogP contribution in [0.1, 0.15) is 63.9 Å². The smallest absolute Gasteiger partial charge is 0.0936 e. The van der Waals surface area contributed by atoms with Crippen LogP contribution in [-0.4, -0.2) is 6.04 Å². The summed E-state index contributed by atoms with van der Waals surface area (Å²) in [6.45, 7) is 4.38. The molecule has 0 radical (unpaired) electrons. The molecule has 7 aromatic carbocycles. The van der Waals surface area contributed by atoms with E-state index in [-0.39, 0.29) is 0 Å². The minimum absolute atomic E-state index is 0.377. The van der Waals surface area contributed by atoms with Crippen LogP contribution in [0.15, 0.2) is 164 Å². The fraction of sp³-hybridized carbons (Fsp3) is 0.217. The Kier molecular flexibility index (Phi) is 10.1. The van der Waals surface area contributed by atoms with Crippen LogP contribution in [0.5, 0.6) is 0 Å². The Morgan fingerprint density at radius 1 is 0.472 bits per heavy atom. The Morgan fingerprint density at radius 3 is 1.32 bits per heavy atom. The lowest BCUT2D eigenvalue weighted by molar-refractivity contribution is 0.443. The lowest BCUT2D eigenvalue weighted by Crippen LogP contribution is -2.13. The van der Waals surface area contributed by atoms with Gasteiger partial charge in [-0.3, -0.25) is 0 Å². The quantitative estimate of drug-likeness (QED) is 0.142. The van der Waals surface area contributed by atoms with Gasteiger partial charge in [0.1, 0.15) is 0 Å². The molecule has 0 spiro atoms. The number of hydrogen-bond donors (Lipinski definition) is 1. The second kappa shape index (κ2) is 15.7. The molecule has 262 valence electrons. The van der Waals surface area contributed by atoms with Gasteiger partial charge in [-0.1, -0.05) is 111 Å². The van der Waals surface area contributed by atoms with E-state index in [1.54, 1.807) is 0 Å². The van der Waals surface area contributed by atoms with E-state index in [1.807, 2.05) is 60.7 Å². The highest BCUT2D eigenvalue weighted by molar-refractivity contribution is 6.02. The largest absolute Gasteiger partial charge is 0.382 e. The summed E-state index contributed by atoms with van der Waals surface area (Å²) in [7, 11) is 0. The van der Waals surface area contributed by atoms with Crippen molar-refractivity contribution >= 4 is 72.1 Å². The maximum atomic E-state index is 4.76. The molecular formula is C46H43N7. The van der Waals surface area contributed by atoms with Crippen LogP contribution < -0.4 is 5.32 Å². The third-order valence-electron chi connectivity index (χ3n) is 10.4. The van der Waals surface area contributed by atoms with Crippen LogP contribution in [0.2, 0.25) is 0 Å². The highest BCUT2D eigenvalue weighted by Gasteiger charge is 2.15. The predicted octanol–water partition coefficient (Wildman–Crippen LogP) is 15.7. The molecule has 0 bridgehead atoms. The van der Waals surface area contributed by atoms with Gasteiger partial charge in [-0.2, -0.15) is 5.11 Å². The number of rotatable bonds is 10. The first-order valence-electron chi connectivity index (χ1n) is 18.8. The standard InChI is InChI=1S/C46H43N7/c1-3-31(2)47-41-25-26-43(36-16-8-7-15-35(36)41)50-51-45-29-30-46(40-20-12-11-19-39(40)45)53-52-44-28-27-42(37-17-9-10-18-38(37)44)49-48-34-23-21-33(22-24-34)32-13-5-4-6-14-32/h7-12,15-32,47H,3-6,13-14H2,1-2H3/b49-48+,51-50+,53-52+. The van der Waals surface area contributed by atoms with Crippen molar-refractivity contribution in [1.29, 1.82) is 0 Å². The second-order valence-corrected chi connectivity index (χ2v) is 14.0. The molecule has 1 unspecified atom stereocenters. The molecule has 0 aromatic heterocycles. The molecule has 8 rings (SSSR count). The summed E-state index contributed by atoms with van der Waals surface area (Å²) in [5.41, 5.74) is 7.30. The summed E-state index contributed by atoms with van der Waals surface area (Å²) >= 11 is 0. The van der Waals surface area contributed by atoms with Gasteiger partial charge in [0, 0.05) is 44.0 Å². The van der Waals surface area contributed by atoms with Crippen molar-refractivity contribution in [2.24, 2.45) is 30.7 Å². The van der Waals surface area contributed by atoms with Crippen molar-refractivity contribution in [2.45, 2.75) is 64.3 Å². The summed E-state index contributed by atoms with van der Waals surface area (Å²) in [5, 5.41) is 37.9. The average molecular weight is 694 g/mol. The number of benzene rings is 7. The molecule has 7 aromatic rings. The molecule has 0 heterocycles. The van der Waals surface area contributed by atoms with Gasteiger partial charge in [0.25, 0.3) is 0 Å². The third kappa shape index (κ3) is 7.47. The molecule has 1 aliphatic carbocycles. The molecule has 7 heteroatoms. The van der Waals surface area contributed by atoms with Gasteiger partial charge in [0.05, 0.1) is 34.1 Å². The summed E-state index contributed by atoms with van der Waals surface area (Å²) < 4.78 is 0. The molecular weight excluding hydrogens is 651 g/mol. The Morgan fingerprint density at radius 2 is 0.868 bits per heavy atom. The molecule has 0 saturated heterocycles. The number of nitrogens with one attached hydrogen (secondary N) is 1. The molecule has 0 aliphatic heterocycles. The van der Waals surface area contributed by atoms with E-state index in [1.165, 1.54) is 37.7 Å². The highest BCUT2D eigenvalue weighted by Crippen LogP contribution is 2.40. The van der Waals surface area contributed by atoms with Crippen molar-refractivity contribution in [2.75, 3.05) is 5.32 Å². The van der Waals surface area contributed by atoms with Crippen LogP contribution >= 0.6 is 0 Å². The summed E-state index contributed by atoms with van der Waals surface area (Å²) in [6, 6.07) is 45.6. The number of nitrogens with zero attached hydrogens (tertiary/aromatic N) is 6. The lowest BCUT2D eigenvalue weighted by Gasteiger charge is -2.21. The summed E-state index contributed by atoms with van der Waals surface area (Å²) in [4.78, 5) is 0. The first-order valence-corrected chi connectivity index (χ1v) is 18.8. The van der Waals surface area contributed by atoms with E-state index in [0.29, 0.717) is 12.0 Å². The van der Waals surface area contributed by atoms with Gasteiger partial charge in [-0.15, -0.1) is 25.6 Å². The van der Waals surface area contributed by atoms with Crippen LogP contribution in [0.4, 0.5) is 39.8 Å². The van der Waals surface area contributed by atoms with Crippen LogP contribution in [-0.2, 0) is 0 Å². The van der Waals surface area contributed by atoms with E-state index in [4.69, 9.17) is 20.5 Å². The minimum atomic E-state index is 0.377. The van der Waals surface area contributed by atoms with Crippen LogP contribution in [0.25, 0.3) is 32.3 Å². The number of fused-ring (bicyclic) bond motifs is 3. The van der Waals surface area contributed by atoms with E-state index < -0.39 is 0 Å². The fourth-order valence-electron chi connectivity index (χ4n) is 7.32. The maximum Gasteiger partial charge on any atom is 0.0936 e. The summed E-state index contributed by atoms with van der Waals surface area (Å²) in [5.74, 6) is 0.675. The molecule has 7 nitrogen and oxygen atoms in total. The minimum Gasteiger partial charge on any atom is -0.382 e. The number of azo groups is 3. The lowest BCUT2D eigenvalue weighted by atomic mass is 9.84. The van der Waals surface area contributed by atoms with Crippen molar-refractivity contribution in [3.8, 4) is 0 Å². The Hall–Kier alpha value is -6.08. The Bertz CT molecular complexity index is 2480. The van der Waals surface area contributed by atoms with Crippen molar-refractivity contribution in [3.05, 3.63) is 139 Å². The average Bonchev–Trinajstić information content (AvgIpc) is 3.22. The zero-order valence-electron chi connectivity index (χ0n) is 30.3.